The minimum atomic E-state index is -3.58. The molecule has 4 aliphatic rings. The molecule has 5 heteroatoms. The van der Waals surface area contributed by atoms with Crippen LogP contribution in [0.25, 0.3) is 0 Å². The summed E-state index contributed by atoms with van der Waals surface area (Å²) in [4.78, 5) is 0.385. The van der Waals surface area contributed by atoms with Gasteiger partial charge in [-0.3, -0.25) is 0 Å². The summed E-state index contributed by atoms with van der Waals surface area (Å²) >= 11 is 0. The first kappa shape index (κ1) is 29.3. The van der Waals surface area contributed by atoms with Gasteiger partial charge in [0.2, 0.25) is 0 Å². The molecule has 0 radical (unpaired) electrons. The number of sulfone groups is 1. The zero-order valence-corrected chi connectivity index (χ0v) is 25.7. The molecule has 0 spiro atoms. The molecule has 1 aromatic carbocycles. The second kappa shape index (κ2) is 10.9. The van der Waals surface area contributed by atoms with E-state index < -0.39 is 26.8 Å². The maximum atomic E-state index is 14.1. The summed E-state index contributed by atoms with van der Waals surface area (Å²) in [5.74, 6) is 3.00. The SMILES string of the molecule is CC[C@]1(O)CC[C@H]2C(=CC[C@@H]3[C@@H]2CC[C@]2(C)[C@@H]([C@H](C)C(C[C@H](O)C(C)C)S(=O)(=O)c4ccccc4)CC[C@@H]32)C1. The normalized spacial score (nSPS) is 38.8. The Balaban J connectivity index is 1.41. The minimum absolute atomic E-state index is 0.0147. The van der Waals surface area contributed by atoms with Crippen molar-refractivity contribution < 1.29 is 18.6 Å². The summed E-state index contributed by atoms with van der Waals surface area (Å²) in [7, 11) is -3.58. The van der Waals surface area contributed by atoms with Crippen molar-refractivity contribution in [3.63, 3.8) is 0 Å². The van der Waals surface area contributed by atoms with Gasteiger partial charge in [0.15, 0.2) is 9.84 Å². The third kappa shape index (κ3) is 5.18. The lowest BCUT2D eigenvalue weighted by Crippen LogP contribution is -2.49. The predicted molar refractivity (Wildman–Crippen MR) is 158 cm³/mol. The van der Waals surface area contributed by atoms with Crippen LogP contribution in [0.4, 0.5) is 0 Å². The molecular weight excluding hydrogens is 504 g/mol. The highest BCUT2D eigenvalue weighted by atomic mass is 32.2. The molecule has 0 heterocycles. The minimum Gasteiger partial charge on any atom is -0.393 e. The third-order valence-corrected chi connectivity index (χ3v) is 14.6. The quantitative estimate of drug-likeness (QED) is 0.332. The fraction of sp³-hybridized carbons (Fsp3) is 0.765. The van der Waals surface area contributed by atoms with Crippen molar-refractivity contribution in [3.8, 4) is 0 Å². The Hall–Kier alpha value is -1.17. The molecule has 1 aromatic rings. The summed E-state index contributed by atoms with van der Waals surface area (Å²) in [6.45, 7) is 10.7. The number of benzene rings is 1. The van der Waals surface area contributed by atoms with E-state index >= 15 is 0 Å². The van der Waals surface area contributed by atoms with Crippen molar-refractivity contribution in [2.45, 2.75) is 121 Å². The zero-order chi connectivity index (χ0) is 28.2. The molecule has 0 amide bonds. The maximum Gasteiger partial charge on any atom is 0.181 e. The summed E-state index contributed by atoms with van der Waals surface area (Å²) in [6, 6.07) is 8.91. The lowest BCUT2D eigenvalue weighted by Gasteiger charge is -2.55. The predicted octanol–water partition coefficient (Wildman–Crippen LogP) is 7.20. The fourth-order valence-corrected chi connectivity index (χ4v) is 11.8. The summed E-state index contributed by atoms with van der Waals surface area (Å²) in [5.41, 5.74) is 1.15. The van der Waals surface area contributed by atoms with Gasteiger partial charge in [0.25, 0.3) is 0 Å². The van der Waals surface area contributed by atoms with Crippen LogP contribution in [0.1, 0.15) is 98.8 Å². The van der Waals surface area contributed by atoms with E-state index in [0.29, 0.717) is 40.9 Å². The van der Waals surface area contributed by atoms with Gasteiger partial charge in [0.05, 0.1) is 21.9 Å². The lowest BCUT2D eigenvalue weighted by molar-refractivity contribution is -0.0464. The first-order valence-corrected chi connectivity index (χ1v) is 17.3. The van der Waals surface area contributed by atoms with Crippen LogP contribution in [0.15, 0.2) is 46.9 Å². The first-order chi connectivity index (χ1) is 18.4. The second-order valence-corrected chi connectivity index (χ2v) is 16.5. The molecule has 0 saturated heterocycles. The largest absolute Gasteiger partial charge is 0.393 e. The number of rotatable bonds is 8. The van der Waals surface area contributed by atoms with E-state index in [4.69, 9.17) is 0 Å². The van der Waals surface area contributed by atoms with Gasteiger partial charge in [-0.15, -0.1) is 0 Å². The Labute approximate surface area is 237 Å². The molecule has 10 atom stereocenters. The molecule has 0 aliphatic heterocycles. The van der Waals surface area contributed by atoms with E-state index in [0.717, 1.165) is 38.5 Å². The Morgan fingerprint density at radius 2 is 1.72 bits per heavy atom. The molecule has 4 nitrogen and oxygen atoms in total. The van der Waals surface area contributed by atoms with Gasteiger partial charge in [-0.2, -0.15) is 0 Å². The molecule has 1 unspecified atom stereocenters. The Morgan fingerprint density at radius 3 is 2.38 bits per heavy atom. The molecule has 5 rings (SSSR count). The van der Waals surface area contributed by atoms with Gasteiger partial charge in [-0.1, -0.05) is 64.5 Å². The van der Waals surface area contributed by atoms with Gasteiger partial charge < -0.3 is 10.2 Å². The van der Waals surface area contributed by atoms with E-state index in [2.05, 4.69) is 26.8 Å². The fourth-order valence-electron chi connectivity index (χ4n) is 9.75. The van der Waals surface area contributed by atoms with Crippen molar-refractivity contribution in [3.05, 3.63) is 42.0 Å². The van der Waals surface area contributed by atoms with Crippen molar-refractivity contribution in [2.75, 3.05) is 0 Å². The number of allylic oxidation sites excluding steroid dienone is 1. The molecule has 3 fully saturated rings. The van der Waals surface area contributed by atoms with Crippen LogP contribution < -0.4 is 0 Å². The van der Waals surface area contributed by atoms with Crippen LogP contribution in [0.2, 0.25) is 0 Å². The van der Waals surface area contributed by atoms with Crippen LogP contribution in [0.3, 0.4) is 0 Å². The highest BCUT2D eigenvalue weighted by Gasteiger charge is 2.58. The van der Waals surface area contributed by atoms with Crippen LogP contribution >= 0.6 is 0 Å². The molecule has 218 valence electrons. The highest BCUT2D eigenvalue weighted by molar-refractivity contribution is 7.92. The molecule has 0 bridgehead atoms. The molecule has 4 aliphatic carbocycles. The molecule has 0 aromatic heterocycles. The zero-order valence-electron chi connectivity index (χ0n) is 24.9. The van der Waals surface area contributed by atoms with Crippen molar-refractivity contribution >= 4 is 9.84 Å². The van der Waals surface area contributed by atoms with Gasteiger partial charge >= 0.3 is 0 Å². The van der Waals surface area contributed by atoms with Crippen molar-refractivity contribution in [1.29, 1.82) is 0 Å². The first-order valence-electron chi connectivity index (χ1n) is 15.8. The van der Waals surface area contributed by atoms with E-state index in [-0.39, 0.29) is 17.3 Å². The smallest absolute Gasteiger partial charge is 0.181 e. The second-order valence-electron chi connectivity index (χ2n) is 14.4. The van der Waals surface area contributed by atoms with Gasteiger partial charge in [0.1, 0.15) is 0 Å². The number of hydrogen-bond donors (Lipinski definition) is 2. The summed E-state index contributed by atoms with van der Waals surface area (Å²) in [6.07, 6.45) is 11.7. The molecule has 3 saturated carbocycles. The Morgan fingerprint density at radius 1 is 1.00 bits per heavy atom. The average molecular weight is 557 g/mol. The Bertz CT molecular complexity index is 1140. The summed E-state index contributed by atoms with van der Waals surface area (Å²) in [5, 5.41) is 21.3. The summed E-state index contributed by atoms with van der Waals surface area (Å²) < 4.78 is 28.2. The van der Waals surface area contributed by atoms with Crippen LogP contribution in [0.5, 0.6) is 0 Å². The van der Waals surface area contributed by atoms with Gasteiger partial charge in [-0.25, -0.2) is 8.42 Å². The van der Waals surface area contributed by atoms with Gasteiger partial charge in [-0.05, 0) is 123 Å². The highest BCUT2D eigenvalue weighted by Crippen LogP contribution is 2.65. The molecule has 2 N–H and O–H groups in total. The number of aliphatic hydroxyl groups excluding tert-OH is 1. The van der Waals surface area contributed by atoms with E-state index in [1.54, 1.807) is 24.3 Å². The van der Waals surface area contributed by atoms with E-state index in [1.165, 1.54) is 24.8 Å². The molecular formula is C34H52O4S. The molecule has 39 heavy (non-hydrogen) atoms. The van der Waals surface area contributed by atoms with Gasteiger partial charge in [0, 0.05) is 0 Å². The third-order valence-electron chi connectivity index (χ3n) is 12.3. The monoisotopic (exact) mass is 556 g/mol. The van der Waals surface area contributed by atoms with Crippen molar-refractivity contribution in [1.82, 2.24) is 0 Å². The lowest BCUT2D eigenvalue weighted by atomic mass is 9.50. The number of fused-ring (bicyclic) bond motifs is 5. The number of aliphatic hydroxyl groups is 2. The Kier molecular flexibility index (Phi) is 8.20. The maximum absolute atomic E-state index is 14.1. The standard InChI is InChI=1S/C34H52O4S/c1-6-34(36)19-17-26-24(21-34)12-13-28-27(26)16-18-33(5)29(14-15-30(28)33)23(4)32(20-31(35)22(2)3)39(37,38)25-10-8-7-9-11-25/h7-12,22-23,26-32,35-36H,6,13-21H2,1-5H3/t23-,26-,27+,28+,29+,30-,31-,32?,33+,34-/m0/s1. The topological polar surface area (TPSA) is 74.6 Å². The average Bonchev–Trinajstić information content (AvgIpc) is 3.28. The van der Waals surface area contributed by atoms with E-state index in [1.807, 2.05) is 19.9 Å². The van der Waals surface area contributed by atoms with E-state index in [9.17, 15) is 18.6 Å². The van der Waals surface area contributed by atoms with Crippen LogP contribution in [0, 0.1) is 46.8 Å². The number of hydrogen-bond acceptors (Lipinski definition) is 4. The van der Waals surface area contributed by atoms with Crippen molar-refractivity contribution in [2.24, 2.45) is 46.8 Å². The van der Waals surface area contributed by atoms with Crippen LogP contribution in [-0.4, -0.2) is 35.6 Å². The van der Waals surface area contributed by atoms with Crippen LogP contribution in [-0.2, 0) is 9.84 Å².